The number of ether oxygens (including phenoxy) is 1. The second-order valence-corrected chi connectivity index (χ2v) is 8.23. The number of benzene rings is 1. The van der Waals surface area contributed by atoms with E-state index in [1.807, 2.05) is 43.0 Å². The first kappa shape index (κ1) is 20.8. The largest absolute Gasteiger partial charge is 0.365 e. The Morgan fingerprint density at radius 2 is 1.71 bits per heavy atom. The van der Waals surface area contributed by atoms with E-state index >= 15 is 0 Å². The van der Waals surface area contributed by atoms with Crippen molar-refractivity contribution in [2.75, 3.05) is 13.1 Å². The summed E-state index contributed by atoms with van der Waals surface area (Å²) in [5.41, 5.74) is 1.89. The molecule has 1 aromatic carbocycles. The minimum absolute atomic E-state index is 0.0105. The van der Waals surface area contributed by atoms with E-state index in [1.54, 1.807) is 0 Å². The fourth-order valence-electron chi connectivity index (χ4n) is 4.18. The zero-order valence-corrected chi connectivity index (χ0v) is 17.3. The van der Waals surface area contributed by atoms with Gasteiger partial charge in [0.1, 0.15) is 6.10 Å². The molecule has 5 heteroatoms. The van der Waals surface area contributed by atoms with Gasteiger partial charge in [-0.1, -0.05) is 43.9 Å². The number of nitrogens with zero attached hydrogens (tertiary/aromatic N) is 1. The number of nitrogens with one attached hydrogen (secondary N) is 1. The number of rotatable bonds is 6. The van der Waals surface area contributed by atoms with Crippen molar-refractivity contribution in [3.8, 4) is 0 Å². The maximum atomic E-state index is 12.7. The lowest BCUT2D eigenvalue weighted by atomic mass is 9.97. The highest BCUT2D eigenvalue weighted by molar-refractivity contribution is 5.94. The van der Waals surface area contributed by atoms with Crippen LogP contribution in [0.2, 0.25) is 0 Å². The molecule has 1 aromatic rings. The molecule has 0 aromatic heterocycles. The second-order valence-electron chi connectivity index (χ2n) is 8.23. The monoisotopic (exact) mass is 386 g/mol. The molecule has 1 aliphatic carbocycles. The number of hydrogen-bond donors (Lipinski definition) is 1. The topological polar surface area (TPSA) is 58.6 Å². The Balaban J connectivity index is 1.45. The molecule has 1 heterocycles. The molecule has 5 nitrogen and oxygen atoms in total. The van der Waals surface area contributed by atoms with Gasteiger partial charge in [-0.3, -0.25) is 9.59 Å². The summed E-state index contributed by atoms with van der Waals surface area (Å²) in [6, 6.07) is 7.84. The van der Waals surface area contributed by atoms with E-state index in [0.29, 0.717) is 19.5 Å². The van der Waals surface area contributed by atoms with E-state index < -0.39 is 0 Å². The summed E-state index contributed by atoms with van der Waals surface area (Å²) in [5.74, 6) is 0.0910. The van der Waals surface area contributed by atoms with Gasteiger partial charge in [-0.25, -0.2) is 0 Å². The van der Waals surface area contributed by atoms with Crippen molar-refractivity contribution in [3.63, 3.8) is 0 Å². The molecule has 28 heavy (non-hydrogen) atoms. The average Bonchev–Trinajstić information content (AvgIpc) is 2.73. The van der Waals surface area contributed by atoms with E-state index in [1.165, 1.54) is 19.3 Å². The Bertz CT molecular complexity index is 644. The van der Waals surface area contributed by atoms with E-state index in [4.69, 9.17) is 4.74 Å². The van der Waals surface area contributed by atoms with E-state index in [0.717, 1.165) is 36.8 Å². The molecule has 1 saturated carbocycles. The summed E-state index contributed by atoms with van der Waals surface area (Å²) in [5, 5.41) is 3.16. The smallest absolute Gasteiger partial charge is 0.253 e. The Morgan fingerprint density at radius 1 is 1.07 bits per heavy atom. The Labute approximate surface area is 168 Å². The van der Waals surface area contributed by atoms with Crippen LogP contribution >= 0.6 is 0 Å². The minimum atomic E-state index is -0.352. The first-order valence-corrected chi connectivity index (χ1v) is 10.9. The van der Waals surface area contributed by atoms with Gasteiger partial charge in [0.25, 0.3) is 5.91 Å². The van der Waals surface area contributed by atoms with Gasteiger partial charge in [-0.05, 0) is 51.2 Å². The fraction of sp³-hybridized carbons (Fsp3) is 0.652. The van der Waals surface area contributed by atoms with Gasteiger partial charge >= 0.3 is 0 Å². The van der Waals surface area contributed by atoms with Gasteiger partial charge in [0.05, 0.1) is 6.10 Å². The quantitative estimate of drug-likeness (QED) is 0.808. The minimum Gasteiger partial charge on any atom is -0.365 e. The molecule has 1 N–H and O–H groups in total. The molecular weight excluding hydrogens is 352 g/mol. The third-order valence-electron chi connectivity index (χ3n) is 6.00. The summed E-state index contributed by atoms with van der Waals surface area (Å²) >= 11 is 0. The molecule has 1 aliphatic heterocycles. The van der Waals surface area contributed by atoms with Crippen molar-refractivity contribution in [2.45, 2.75) is 83.5 Å². The average molecular weight is 387 g/mol. The third kappa shape index (κ3) is 5.57. The number of aryl methyl sites for hydroxylation is 1. The summed E-state index contributed by atoms with van der Waals surface area (Å²) in [6.07, 6.45) is 8.01. The summed E-state index contributed by atoms with van der Waals surface area (Å²) < 4.78 is 6.09. The van der Waals surface area contributed by atoms with Crippen LogP contribution in [-0.4, -0.2) is 48.1 Å². The Morgan fingerprint density at radius 3 is 2.32 bits per heavy atom. The molecule has 0 bridgehead atoms. The zero-order valence-electron chi connectivity index (χ0n) is 17.3. The van der Waals surface area contributed by atoms with Crippen LogP contribution in [0, 0.1) is 6.92 Å². The Kier molecular flexibility index (Phi) is 7.49. The number of amides is 2. The molecule has 1 saturated heterocycles. The van der Waals surface area contributed by atoms with Gasteiger partial charge in [-0.15, -0.1) is 0 Å². The van der Waals surface area contributed by atoms with Crippen LogP contribution in [0.1, 0.15) is 74.2 Å². The lowest BCUT2D eigenvalue weighted by Crippen LogP contribution is -2.49. The van der Waals surface area contributed by atoms with Crippen molar-refractivity contribution in [1.29, 1.82) is 0 Å². The van der Waals surface area contributed by atoms with Crippen LogP contribution in [0.15, 0.2) is 24.3 Å². The lowest BCUT2D eigenvalue weighted by molar-refractivity contribution is -0.139. The zero-order chi connectivity index (χ0) is 19.9. The Hall–Kier alpha value is -1.88. The highest BCUT2D eigenvalue weighted by Gasteiger charge is 2.28. The molecular formula is C23H34N2O3. The number of hydrogen-bond acceptors (Lipinski definition) is 3. The fourth-order valence-corrected chi connectivity index (χ4v) is 4.18. The predicted molar refractivity (Wildman–Crippen MR) is 110 cm³/mol. The van der Waals surface area contributed by atoms with Crippen molar-refractivity contribution < 1.29 is 14.3 Å². The summed E-state index contributed by atoms with van der Waals surface area (Å²) in [6.45, 7) is 5.38. The number of carbonyl (C=O) groups excluding carboxylic acids is 2. The van der Waals surface area contributed by atoms with E-state index in [2.05, 4.69) is 5.32 Å². The van der Waals surface area contributed by atoms with Crippen LogP contribution in [0.4, 0.5) is 0 Å². The summed E-state index contributed by atoms with van der Waals surface area (Å²) in [4.78, 5) is 27.2. The van der Waals surface area contributed by atoms with Crippen molar-refractivity contribution >= 4 is 11.8 Å². The van der Waals surface area contributed by atoms with E-state index in [9.17, 15) is 9.59 Å². The van der Waals surface area contributed by atoms with Crippen molar-refractivity contribution in [2.24, 2.45) is 0 Å². The molecule has 1 unspecified atom stereocenters. The molecule has 2 aliphatic rings. The maximum Gasteiger partial charge on any atom is 0.253 e. The molecule has 0 spiro atoms. The number of carbonyl (C=O) groups is 2. The van der Waals surface area contributed by atoms with Crippen LogP contribution in [-0.2, 0) is 9.53 Å². The van der Waals surface area contributed by atoms with Gasteiger partial charge in [0, 0.05) is 24.7 Å². The van der Waals surface area contributed by atoms with Gasteiger partial charge < -0.3 is 15.0 Å². The normalized spacial score (nSPS) is 20.0. The van der Waals surface area contributed by atoms with Crippen LogP contribution < -0.4 is 5.32 Å². The summed E-state index contributed by atoms with van der Waals surface area (Å²) in [7, 11) is 0. The molecule has 0 radical (unpaired) electrons. The van der Waals surface area contributed by atoms with Gasteiger partial charge in [0.15, 0.2) is 0 Å². The third-order valence-corrected chi connectivity index (χ3v) is 6.00. The lowest BCUT2D eigenvalue weighted by Gasteiger charge is -2.33. The van der Waals surface area contributed by atoms with Crippen LogP contribution in [0.5, 0.6) is 0 Å². The van der Waals surface area contributed by atoms with Crippen molar-refractivity contribution in [1.82, 2.24) is 10.2 Å². The molecule has 1 atom stereocenters. The van der Waals surface area contributed by atoms with E-state index in [-0.39, 0.29) is 30.1 Å². The molecule has 154 valence electrons. The highest BCUT2D eigenvalue weighted by atomic mass is 16.5. The van der Waals surface area contributed by atoms with Crippen LogP contribution in [0.25, 0.3) is 0 Å². The van der Waals surface area contributed by atoms with Crippen molar-refractivity contribution in [3.05, 3.63) is 35.4 Å². The molecule has 2 fully saturated rings. The standard InChI is InChI=1S/C23H34N2O3/c1-3-21(28-20-7-5-4-6-8-20)22(26)24-19-13-15-25(16-14-19)23(27)18-11-9-17(2)10-12-18/h9-12,19-21H,3-8,13-16H2,1-2H3,(H,24,26). The number of piperidine rings is 1. The molecule has 3 rings (SSSR count). The van der Waals surface area contributed by atoms with Crippen LogP contribution in [0.3, 0.4) is 0 Å². The highest BCUT2D eigenvalue weighted by Crippen LogP contribution is 2.22. The predicted octanol–water partition coefficient (Wildman–Crippen LogP) is 3.84. The molecule has 2 amide bonds. The maximum absolute atomic E-state index is 12.7. The number of likely N-dealkylation sites (tertiary alicyclic amines) is 1. The second kappa shape index (κ2) is 10.1. The van der Waals surface area contributed by atoms with Gasteiger partial charge in [0.2, 0.25) is 5.91 Å². The SMILES string of the molecule is CCC(OC1CCCCC1)C(=O)NC1CCN(C(=O)c2ccc(C)cc2)CC1. The first-order valence-electron chi connectivity index (χ1n) is 10.9. The van der Waals surface area contributed by atoms with Gasteiger partial charge in [-0.2, -0.15) is 0 Å². The first-order chi connectivity index (χ1) is 13.6.